The van der Waals surface area contributed by atoms with E-state index in [0.29, 0.717) is 6.54 Å². The molecule has 0 bridgehead atoms. The number of nitrogens with zero attached hydrogens (tertiary/aromatic N) is 4. The lowest BCUT2D eigenvalue weighted by molar-refractivity contribution is 0.399. The van der Waals surface area contributed by atoms with Crippen LogP contribution in [0.15, 0.2) is 35.3 Å². The largest absolute Gasteiger partial charge is 0.356 e. The van der Waals surface area contributed by atoms with Gasteiger partial charge in [0, 0.05) is 25.8 Å². The maximum Gasteiger partial charge on any atom is 0.191 e. The summed E-state index contributed by atoms with van der Waals surface area (Å²) < 4.78 is 2.00. The van der Waals surface area contributed by atoms with E-state index in [4.69, 9.17) is 0 Å². The third kappa shape index (κ3) is 5.60. The van der Waals surface area contributed by atoms with Gasteiger partial charge in [0.15, 0.2) is 5.96 Å². The maximum atomic E-state index is 4.60. The summed E-state index contributed by atoms with van der Waals surface area (Å²) in [6.07, 6.45) is 1.08. The molecule has 2 rings (SSSR count). The SMILES string of the molecule is CN=C(NCCCN(C)C)NCc1ccccc1-n1nc(C)cc1C. The first-order valence-electron chi connectivity index (χ1n) is 8.72. The molecule has 1 aromatic heterocycles. The van der Waals surface area contributed by atoms with Gasteiger partial charge in [-0.1, -0.05) is 18.2 Å². The number of hydrogen-bond donors (Lipinski definition) is 2. The standard InChI is InChI=1S/C19H30N6/c1-15-13-16(2)25(23-15)18-10-7-6-9-17(18)14-22-19(20-3)21-11-8-12-24(4)5/h6-7,9-10,13H,8,11-12,14H2,1-5H3,(H2,20,21,22). The van der Waals surface area contributed by atoms with Gasteiger partial charge in [0.25, 0.3) is 0 Å². The first-order valence-corrected chi connectivity index (χ1v) is 8.72. The Morgan fingerprint density at radius 1 is 1.20 bits per heavy atom. The van der Waals surface area contributed by atoms with Gasteiger partial charge in [-0.25, -0.2) is 4.68 Å². The first-order chi connectivity index (χ1) is 12.0. The van der Waals surface area contributed by atoms with Gasteiger partial charge >= 0.3 is 0 Å². The van der Waals surface area contributed by atoms with Crippen molar-refractivity contribution in [1.82, 2.24) is 25.3 Å². The van der Waals surface area contributed by atoms with E-state index >= 15 is 0 Å². The number of aliphatic imine (C=N–C) groups is 1. The van der Waals surface area contributed by atoms with Gasteiger partial charge in [-0.2, -0.15) is 5.10 Å². The Bertz CT molecular complexity index is 702. The molecule has 0 saturated heterocycles. The monoisotopic (exact) mass is 342 g/mol. The van der Waals surface area contributed by atoms with Crippen LogP contribution in [0.5, 0.6) is 0 Å². The molecule has 0 aliphatic rings. The van der Waals surface area contributed by atoms with Crippen molar-refractivity contribution < 1.29 is 0 Å². The van der Waals surface area contributed by atoms with Gasteiger partial charge in [-0.05, 0) is 58.6 Å². The van der Waals surface area contributed by atoms with Crippen molar-refractivity contribution in [3.63, 3.8) is 0 Å². The highest BCUT2D eigenvalue weighted by Gasteiger charge is 2.09. The lowest BCUT2D eigenvalue weighted by Gasteiger charge is -2.15. The quantitative estimate of drug-likeness (QED) is 0.460. The van der Waals surface area contributed by atoms with Gasteiger partial charge in [-0.15, -0.1) is 0 Å². The Hall–Kier alpha value is -2.34. The topological polar surface area (TPSA) is 57.5 Å². The zero-order valence-corrected chi connectivity index (χ0v) is 16.0. The Morgan fingerprint density at radius 2 is 1.96 bits per heavy atom. The van der Waals surface area contributed by atoms with Crippen molar-refractivity contribution in [3.05, 3.63) is 47.3 Å². The average molecular weight is 342 g/mol. The van der Waals surface area contributed by atoms with Crippen LogP contribution in [-0.2, 0) is 6.54 Å². The summed E-state index contributed by atoms with van der Waals surface area (Å²) in [5.74, 6) is 0.821. The summed E-state index contributed by atoms with van der Waals surface area (Å²) in [7, 11) is 5.97. The Labute approximate surface area is 151 Å². The van der Waals surface area contributed by atoms with Crippen molar-refractivity contribution in [2.45, 2.75) is 26.8 Å². The van der Waals surface area contributed by atoms with Crippen LogP contribution < -0.4 is 10.6 Å². The van der Waals surface area contributed by atoms with Crippen LogP contribution in [-0.4, -0.2) is 54.9 Å². The van der Waals surface area contributed by atoms with Crippen LogP contribution in [0.4, 0.5) is 0 Å². The minimum atomic E-state index is 0.696. The van der Waals surface area contributed by atoms with Crippen LogP contribution in [0.3, 0.4) is 0 Å². The lowest BCUT2D eigenvalue weighted by Crippen LogP contribution is -2.38. The Balaban J connectivity index is 2.00. The minimum absolute atomic E-state index is 0.696. The number of para-hydroxylation sites is 1. The molecule has 0 fully saturated rings. The van der Waals surface area contributed by atoms with Gasteiger partial charge in [0.1, 0.15) is 0 Å². The smallest absolute Gasteiger partial charge is 0.191 e. The molecule has 6 heteroatoms. The molecule has 0 spiro atoms. The second-order valence-corrected chi connectivity index (χ2v) is 6.48. The van der Waals surface area contributed by atoms with E-state index in [1.807, 2.05) is 17.7 Å². The van der Waals surface area contributed by atoms with Gasteiger partial charge in [0.2, 0.25) is 0 Å². The molecule has 6 nitrogen and oxygen atoms in total. The zero-order valence-electron chi connectivity index (χ0n) is 16.0. The van der Waals surface area contributed by atoms with E-state index in [9.17, 15) is 0 Å². The van der Waals surface area contributed by atoms with E-state index < -0.39 is 0 Å². The molecule has 0 amide bonds. The fraction of sp³-hybridized carbons (Fsp3) is 0.474. The summed E-state index contributed by atoms with van der Waals surface area (Å²) in [5.41, 5.74) is 4.45. The average Bonchev–Trinajstić information content (AvgIpc) is 2.92. The fourth-order valence-corrected chi connectivity index (χ4v) is 2.74. The second-order valence-electron chi connectivity index (χ2n) is 6.48. The first kappa shape index (κ1) is 19.0. The predicted octanol–water partition coefficient (Wildman–Crippen LogP) is 2.11. The number of rotatable bonds is 7. The predicted molar refractivity (Wildman–Crippen MR) is 104 cm³/mol. The highest BCUT2D eigenvalue weighted by atomic mass is 15.3. The van der Waals surface area contributed by atoms with E-state index in [0.717, 1.165) is 42.5 Å². The molecule has 25 heavy (non-hydrogen) atoms. The number of aromatic nitrogens is 2. The molecule has 1 heterocycles. The van der Waals surface area contributed by atoms with Crippen LogP contribution >= 0.6 is 0 Å². The fourth-order valence-electron chi connectivity index (χ4n) is 2.74. The summed E-state index contributed by atoms with van der Waals surface area (Å²) in [5, 5.41) is 11.4. The van der Waals surface area contributed by atoms with Gasteiger partial charge in [-0.3, -0.25) is 4.99 Å². The maximum absolute atomic E-state index is 4.60. The molecule has 0 saturated carbocycles. The number of guanidine groups is 1. The molecule has 2 aromatic rings. The van der Waals surface area contributed by atoms with Crippen molar-refractivity contribution >= 4 is 5.96 Å². The molecule has 0 atom stereocenters. The third-order valence-corrected chi connectivity index (χ3v) is 3.97. The van der Waals surface area contributed by atoms with Crippen LogP contribution in [0.25, 0.3) is 5.69 Å². The molecule has 1 aromatic carbocycles. The van der Waals surface area contributed by atoms with Crippen molar-refractivity contribution in [3.8, 4) is 5.69 Å². The zero-order chi connectivity index (χ0) is 18.2. The third-order valence-electron chi connectivity index (χ3n) is 3.97. The normalized spacial score (nSPS) is 11.8. The number of aryl methyl sites for hydroxylation is 2. The lowest BCUT2D eigenvalue weighted by atomic mass is 10.1. The minimum Gasteiger partial charge on any atom is -0.356 e. The summed E-state index contributed by atoms with van der Waals surface area (Å²) in [6, 6.07) is 10.4. The Kier molecular flexibility index (Phi) is 7.01. The van der Waals surface area contributed by atoms with Gasteiger partial charge in [0.05, 0.1) is 11.4 Å². The Morgan fingerprint density at radius 3 is 2.60 bits per heavy atom. The van der Waals surface area contributed by atoms with Crippen LogP contribution in [0.2, 0.25) is 0 Å². The van der Waals surface area contributed by atoms with E-state index in [1.54, 1.807) is 7.05 Å². The van der Waals surface area contributed by atoms with Crippen molar-refractivity contribution in [1.29, 1.82) is 0 Å². The summed E-state index contributed by atoms with van der Waals surface area (Å²) in [4.78, 5) is 6.49. The van der Waals surface area contributed by atoms with Crippen LogP contribution in [0.1, 0.15) is 23.4 Å². The second kappa shape index (κ2) is 9.22. The molecule has 2 N–H and O–H groups in total. The van der Waals surface area contributed by atoms with Crippen LogP contribution in [0, 0.1) is 13.8 Å². The molecular weight excluding hydrogens is 312 g/mol. The highest BCUT2D eigenvalue weighted by Crippen LogP contribution is 2.16. The highest BCUT2D eigenvalue weighted by molar-refractivity contribution is 5.79. The summed E-state index contributed by atoms with van der Waals surface area (Å²) >= 11 is 0. The van der Waals surface area contributed by atoms with E-state index in [-0.39, 0.29) is 0 Å². The molecule has 0 unspecified atom stereocenters. The number of benzene rings is 1. The van der Waals surface area contributed by atoms with Gasteiger partial charge < -0.3 is 15.5 Å². The molecular formula is C19H30N6. The van der Waals surface area contributed by atoms with E-state index in [2.05, 4.69) is 70.9 Å². The molecule has 0 aliphatic carbocycles. The number of nitrogens with one attached hydrogen (secondary N) is 2. The molecule has 0 aliphatic heterocycles. The van der Waals surface area contributed by atoms with E-state index in [1.165, 1.54) is 5.56 Å². The number of hydrogen-bond acceptors (Lipinski definition) is 3. The molecule has 136 valence electrons. The summed E-state index contributed by atoms with van der Waals surface area (Å²) in [6.45, 7) is 6.75. The van der Waals surface area contributed by atoms with Crippen molar-refractivity contribution in [2.75, 3.05) is 34.2 Å². The molecule has 0 radical (unpaired) electrons. The van der Waals surface area contributed by atoms with Crippen molar-refractivity contribution in [2.24, 2.45) is 4.99 Å².